The summed E-state index contributed by atoms with van der Waals surface area (Å²) in [5.41, 5.74) is -2.50. The van der Waals surface area contributed by atoms with Crippen molar-refractivity contribution in [1.29, 1.82) is 0 Å². The number of ether oxygens (including phenoxy) is 1. The van der Waals surface area contributed by atoms with Gasteiger partial charge in [-0.15, -0.1) is 0 Å². The maximum absolute atomic E-state index is 11.7. The number of carboxylic acid groups (broad SMARTS) is 2. The summed E-state index contributed by atoms with van der Waals surface area (Å²) < 4.78 is 5.34. The third-order valence-electron chi connectivity index (χ3n) is 3.80. The quantitative estimate of drug-likeness (QED) is 0.584. The van der Waals surface area contributed by atoms with Gasteiger partial charge in [0.1, 0.15) is 11.0 Å². The first kappa shape index (κ1) is 12.8. The Balaban J connectivity index is 2.55. The summed E-state index contributed by atoms with van der Waals surface area (Å²) in [5, 5.41) is 18.9. The predicted octanol–water partition coefficient (Wildman–Crippen LogP) is 1.45. The van der Waals surface area contributed by atoms with Crippen LogP contribution in [0.1, 0.15) is 19.8 Å². The van der Waals surface area contributed by atoms with E-state index in [1.54, 1.807) is 25.2 Å². The van der Waals surface area contributed by atoms with Gasteiger partial charge in [-0.05, 0) is 19.8 Å². The van der Waals surface area contributed by atoms with E-state index < -0.39 is 28.9 Å². The van der Waals surface area contributed by atoms with Gasteiger partial charge < -0.3 is 14.9 Å². The lowest BCUT2D eigenvalue weighted by molar-refractivity contribution is -0.163. The first-order valence-corrected chi connectivity index (χ1v) is 5.92. The van der Waals surface area contributed by atoms with Crippen molar-refractivity contribution in [3.8, 4) is 0 Å². The van der Waals surface area contributed by atoms with Crippen molar-refractivity contribution in [1.82, 2.24) is 0 Å². The SMILES string of the molecule is CC=CC1(C2(C(=O)O)C=CCCC2C(=O)O)CO1. The minimum atomic E-state index is -1.50. The second kappa shape index (κ2) is 4.24. The molecule has 0 amide bonds. The molecule has 2 aliphatic rings. The van der Waals surface area contributed by atoms with E-state index in [9.17, 15) is 19.8 Å². The summed E-state index contributed by atoms with van der Waals surface area (Å²) in [6.07, 6.45) is 7.51. The van der Waals surface area contributed by atoms with Crippen molar-refractivity contribution in [2.75, 3.05) is 6.61 Å². The lowest BCUT2D eigenvalue weighted by Crippen LogP contribution is -2.52. The number of hydrogen-bond donors (Lipinski definition) is 2. The summed E-state index contributed by atoms with van der Waals surface area (Å²) in [6.45, 7) is 2.01. The molecular weight excluding hydrogens is 236 g/mol. The molecule has 5 heteroatoms. The van der Waals surface area contributed by atoms with E-state index in [0.717, 1.165) is 0 Å². The highest BCUT2D eigenvalue weighted by Gasteiger charge is 2.68. The highest BCUT2D eigenvalue weighted by Crippen LogP contribution is 2.54. The van der Waals surface area contributed by atoms with Crippen LogP contribution in [0.15, 0.2) is 24.3 Å². The van der Waals surface area contributed by atoms with E-state index in [1.807, 2.05) is 0 Å². The first-order chi connectivity index (χ1) is 8.50. The number of carboxylic acids is 2. The van der Waals surface area contributed by atoms with Gasteiger partial charge in [-0.25, -0.2) is 0 Å². The number of rotatable bonds is 4. The third-order valence-corrected chi connectivity index (χ3v) is 3.80. The Bertz CT molecular complexity index is 433. The molecule has 98 valence electrons. The molecule has 1 fully saturated rings. The van der Waals surface area contributed by atoms with Crippen molar-refractivity contribution >= 4 is 11.9 Å². The summed E-state index contributed by atoms with van der Waals surface area (Å²) in [4.78, 5) is 23.1. The highest BCUT2D eigenvalue weighted by molar-refractivity contribution is 5.88. The van der Waals surface area contributed by atoms with Gasteiger partial charge in [-0.3, -0.25) is 9.59 Å². The van der Waals surface area contributed by atoms with E-state index in [2.05, 4.69) is 0 Å². The van der Waals surface area contributed by atoms with E-state index in [0.29, 0.717) is 12.8 Å². The van der Waals surface area contributed by atoms with Gasteiger partial charge in [-0.1, -0.05) is 24.3 Å². The predicted molar refractivity (Wildman–Crippen MR) is 63.1 cm³/mol. The molecule has 0 spiro atoms. The molecule has 1 heterocycles. The molecule has 5 nitrogen and oxygen atoms in total. The van der Waals surface area contributed by atoms with Crippen LogP contribution in [-0.4, -0.2) is 34.4 Å². The van der Waals surface area contributed by atoms with Crippen LogP contribution in [0.5, 0.6) is 0 Å². The lowest BCUT2D eigenvalue weighted by atomic mass is 9.62. The molecule has 2 N–H and O–H groups in total. The molecule has 3 unspecified atom stereocenters. The van der Waals surface area contributed by atoms with Crippen LogP contribution in [0.25, 0.3) is 0 Å². The minimum Gasteiger partial charge on any atom is -0.481 e. The molecule has 3 atom stereocenters. The molecule has 18 heavy (non-hydrogen) atoms. The Kier molecular flexibility index (Phi) is 3.02. The zero-order chi connectivity index (χ0) is 13.4. The summed E-state index contributed by atoms with van der Waals surface area (Å²) in [6, 6.07) is 0. The number of carbonyl (C=O) groups is 2. The monoisotopic (exact) mass is 252 g/mol. The van der Waals surface area contributed by atoms with Crippen molar-refractivity contribution < 1.29 is 24.5 Å². The van der Waals surface area contributed by atoms with Crippen molar-refractivity contribution in [2.45, 2.75) is 25.4 Å². The normalized spacial score (nSPS) is 38.8. The number of aliphatic carboxylic acids is 2. The van der Waals surface area contributed by atoms with E-state index in [-0.39, 0.29) is 6.61 Å². The van der Waals surface area contributed by atoms with E-state index >= 15 is 0 Å². The Morgan fingerprint density at radius 1 is 1.44 bits per heavy atom. The van der Waals surface area contributed by atoms with Gasteiger partial charge in [0.25, 0.3) is 0 Å². The molecule has 0 aromatic heterocycles. The zero-order valence-corrected chi connectivity index (χ0v) is 10.1. The second-order valence-corrected chi connectivity index (χ2v) is 4.72. The van der Waals surface area contributed by atoms with Crippen LogP contribution in [0.4, 0.5) is 0 Å². The molecule has 0 bridgehead atoms. The van der Waals surface area contributed by atoms with Crippen LogP contribution in [0.2, 0.25) is 0 Å². The molecule has 1 aliphatic carbocycles. The average molecular weight is 252 g/mol. The fourth-order valence-corrected chi connectivity index (χ4v) is 2.85. The summed E-state index contributed by atoms with van der Waals surface area (Å²) >= 11 is 0. The maximum atomic E-state index is 11.7. The van der Waals surface area contributed by atoms with Gasteiger partial charge in [0, 0.05) is 0 Å². The Morgan fingerprint density at radius 2 is 2.11 bits per heavy atom. The Hall–Kier alpha value is -1.62. The van der Waals surface area contributed by atoms with Crippen molar-refractivity contribution in [3.63, 3.8) is 0 Å². The Labute approximate surface area is 105 Å². The van der Waals surface area contributed by atoms with Crippen LogP contribution in [0, 0.1) is 11.3 Å². The van der Waals surface area contributed by atoms with Crippen LogP contribution >= 0.6 is 0 Å². The van der Waals surface area contributed by atoms with Gasteiger partial charge in [0.15, 0.2) is 0 Å². The van der Waals surface area contributed by atoms with Crippen LogP contribution in [-0.2, 0) is 14.3 Å². The van der Waals surface area contributed by atoms with E-state index in [1.165, 1.54) is 6.08 Å². The second-order valence-electron chi connectivity index (χ2n) is 4.72. The average Bonchev–Trinajstić information content (AvgIpc) is 3.10. The number of allylic oxidation sites excluding steroid dienone is 2. The fraction of sp³-hybridized carbons (Fsp3) is 0.538. The summed E-state index contributed by atoms with van der Waals surface area (Å²) in [5.74, 6) is -3.18. The summed E-state index contributed by atoms with van der Waals surface area (Å²) in [7, 11) is 0. The van der Waals surface area contributed by atoms with Gasteiger partial charge in [0.2, 0.25) is 0 Å². The molecule has 1 aliphatic heterocycles. The lowest BCUT2D eigenvalue weighted by Gasteiger charge is -2.38. The molecule has 0 radical (unpaired) electrons. The highest BCUT2D eigenvalue weighted by atomic mass is 16.6. The maximum Gasteiger partial charge on any atom is 0.317 e. The minimum absolute atomic E-state index is 0.248. The zero-order valence-electron chi connectivity index (χ0n) is 10.1. The number of hydrogen-bond acceptors (Lipinski definition) is 3. The van der Waals surface area contributed by atoms with E-state index in [4.69, 9.17) is 4.74 Å². The smallest absolute Gasteiger partial charge is 0.317 e. The van der Waals surface area contributed by atoms with Crippen LogP contribution in [0.3, 0.4) is 0 Å². The first-order valence-electron chi connectivity index (χ1n) is 5.92. The molecular formula is C13H16O5. The van der Waals surface area contributed by atoms with Crippen molar-refractivity contribution in [2.24, 2.45) is 11.3 Å². The fourth-order valence-electron chi connectivity index (χ4n) is 2.85. The van der Waals surface area contributed by atoms with Crippen molar-refractivity contribution in [3.05, 3.63) is 24.3 Å². The van der Waals surface area contributed by atoms with Gasteiger partial charge in [-0.2, -0.15) is 0 Å². The third kappa shape index (κ3) is 1.58. The number of epoxide rings is 1. The van der Waals surface area contributed by atoms with Crippen LogP contribution < -0.4 is 0 Å². The molecule has 0 aromatic rings. The largest absolute Gasteiger partial charge is 0.481 e. The standard InChI is InChI=1S/C13H16O5/c1-2-6-12(8-18-12)13(11(16)17)7-4-3-5-9(13)10(14)15/h2,4,6-7,9H,3,5,8H2,1H3,(H,14,15)(H,16,17). The molecule has 1 saturated heterocycles. The Morgan fingerprint density at radius 3 is 2.56 bits per heavy atom. The molecule has 2 rings (SSSR count). The molecule has 0 saturated carbocycles. The van der Waals surface area contributed by atoms with Gasteiger partial charge in [0.05, 0.1) is 12.5 Å². The molecule has 0 aromatic carbocycles. The topological polar surface area (TPSA) is 87.1 Å². The van der Waals surface area contributed by atoms with Gasteiger partial charge >= 0.3 is 11.9 Å².